The van der Waals surface area contributed by atoms with Gasteiger partial charge < -0.3 is 24.8 Å². The maximum absolute atomic E-state index is 14.1. The van der Waals surface area contributed by atoms with Gasteiger partial charge >= 0.3 is 7.12 Å². The normalized spacial score (nSPS) is 15.6. The Morgan fingerprint density at radius 2 is 1.97 bits per heavy atom. The molecule has 0 radical (unpaired) electrons. The monoisotopic (exact) mass is 501 g/mol. The van der Waals surface area contributed by atoms with Crippen LogP contribution in [0.15, 0.2) is 42.5 Å². The van der Waals surface area contributed by atoms with Gasteiger partial charge in [0, 0.05) is 19.7 Å². The minimum absolute atomic E-state index is 0.139. The molecule has 1 aliphatic rings. The van der Waals surface area contributed by atoms with Gasteiger partial charge in [-0.1, -0.05) is 26.0 Å². The highest BCUT2D eigenvalue weighted by atomic mass is 19.1. The molecule has 192 valence electrons. The Balaban J connectivity index is 1.59. The van der Waals surface area contributed by atoms with Crippen molar-refractivity contribution in [1.82, 2.24) is 10.6 Å². The van der Waals surface area contributed by atoms with Gasteiger partial charge in [-0.15, -0.1) is 0 Å². The van der Waals surface area contributed by atoms with E-state index in [4.69, 9.17) is 9.31 Å². The molecule has 0 spiro atoms. The fourth-order valence-electron chi connectivity index (χ4n) is 4.06. The average Bonchev–Trinajstić information content (AvgIpc) is 2.81. The molecule has 2 N–H and O–H groups in total. The largest absolute Gasteiger partial charge is 0.549 e. The minimum Gasteiger partial charge on any atom is -0.534 e. The third-order valence-electron chi connectivity index (χ3n) is 5.89. The molecule has 36 heavy (non-hydrogen) atoms. The molecule has 8 nitrogen and oxygen atoms in total. The zero-order chi connectivity index (χ0) is 26.2. The third kappa shape index (κ3) is 6.81. The molecule has 3 rings (SSSR count). The highest BCUT2D eigenvalue weighted by molar-refractivity contribution is 6.47. The Morgan fingerprint density at radius 3 is 2.58 bits per heavy atom. The number of anilines is 1. The second kappa shape index (κ2) is 12.5. The predicted molar refractivity (Wildman–Crippen MR) is 132 cm³/mol. The molecule has 2 aromatic carbocycles. The van der Waals surface area contributed by atoms with Crippen LogP contribution < -0.4 is 20.2 Å². The first-order valence-electron chi connectivity index (χ1n) is 11.8. The summed E-state index contributed by atoms with van der Waals surface area (Å²) in [4.78, 5) is 38.2. The highest BCUT2D eigenvalue weighted by Gasteiger charge is 2.37. The molecule has 2 amide bonds. The predicted octanol–water partition coefficient (Wildman–Crippen LogP) is 2.76. The van der Waals surface area contributed by atoms with Gasteiger partial charge in [-0.2, -0.15) is 0 Å². The number of carbonyl (C=O) groups is 3. The third-order valence-corrected chi connectivity index (χ3v) is 5.89. The van der Waals surface area contributed by atoms with E-state index in [0.29, 0.717) is 37.0 Å². The molecule has 0 aliphatic carbocycles. The van der Waals surface area contributed by atoms with E-state index in [1.807, 2.05) is 13.8 Å². The van der Waals surface area contributed by atoms with Crippen LogP contribution in [0, 0.1) is 17.6 Å². The van der Waals surface area contributed by atoms with Crippen molar-refractivity contribution in [2.45, 2.75) is 38.7 Å². The molecule has 1 fully saturated rings. The van der Waals surface area contributed by atoms with Gasteiger partial charge in [0.05, 0.1) is 23.7 Å². The fourth-order valence-corrected chi connectivity index (χ4v) is 4.06. The minimum atomic E-state index is -0.878. The van der Waals surface area contributed by atoms with Crippen LogP contribution in [0.1, 0.15) is 37.0 Å². The summed E-state index contributed by atoms with van der Waals surface area (Å²) in [7, 11) is 0.562. The molecule has 1 aliphatic heterocycles. The lowest BCUT2D eigenvalue weighted by molar-refractivity contribution is -0.127. The van der Waals surface area contributed by atoms with Gasteiger partial charge in [0.25, 0.3) is 0 Å². The van der Waals surface area contributed by atoms with Crippen molar-refractivity contribution < 1.29 is 32.5 Å². The van der Waals surface area contributed by atoms with Crippen LogP contribution >= 0.6 is 0 Å². The molecule has 2 unspecified atom stereocenters. The van der Waals surface area contributed by atoms with Crippen molar-refractivity contribution in [3.63, 3.8) is 0 Å². The Morgan fingerprint density at radius 1 is 1.22 bits per heavy atom. The standard InChI is InChI=1S/C25H30BF2N3O5/c1-16(2)12-23(26(35-3)36-22-7-5-4-6-17(22)15-32)30-24(33)14-29-25(34)21-10-11-31(21)20-9-8-18(27)13-19(20)28/h4-9,13,15-16,21,23H,10-12,14H2,1-3H3,(H,29,34)(H,30,33). The smallest absolute Gasteiger partial charge is 0.534 e. The maximum Gasteiger partial charge on any atom is 0.549 e. The number of halogens is 2. The number of amides is 2. The number of nitrogens with zero attached hydrogens (tertiary/aromatic N) is 1. The lowest BCUT2D eigenvalue weighted by Crippen LogP contribution is -2.58. The van der Waals surface area contributed by atoms with Crippen LogP contribution in [0.2, 0.25) is 0 Å². The summed E-state index contributed by atoms with van der Waals surface area (Å²) in [6, 6.07) is 9.23. The summed E-state index contributed by atoms with van der Waals surface area (Å²) in [6.07, 6.45) is 1.67. The summed E-state index contributed by atoms with van der Waals surface area (Å²) in [6.45, 7) is 4.10. The Kier molecular flexibility index (Phi) is 9.41. The SMILES string of the molecule is COB(Oc1ccccc1C=O)C(CC(C)C)NC(=O)CNC(=O)C1CCN1c1ccc(F)cc1F. The van der Waals surface area contributed by atoms with Crippen molar-refractivity contribution in [2.75, 3.05) is 25.1 Å². The van der Waals surface area contributed by atoms with Crippen LogP contribution in [0.3, 0.4) is 0 Å². The topological polar surface area (TPSA) is 97.0 Å². The highest BCUT2D eigenvalue weighted by Crippen LogP contribution is 2.29. The zero-order valence-corrected chi connectivity index (χ0v) is 20.5. The summed E-state index contributed by atoms with van der Waals surface area (Å²) in [5, 5.41) is 5.42. The summed E-state index contributed by atoms with van der Waals surface area (Å²) in [5.74, 6) is -2.38. The second-order valence-electron chi connectivity index (χ2n) is 8.99. The lowest BCUT2D eigenvalue weighted by Gasteiger charge is -2.41. The maximum atomic E-state index is 14.1. The average molecular weight is 501 g/mol. The van der Waals surface area contributed by atoms with E-state index in [-0.39, 0.29) is 18.2 Å². The zero-order valence-electron chi connectivity index (χ0n) is 20.5. The Hall–Kier alpha value is -3.47. The van der Waals surface area contributed by atoms with Crippen molar-refractivity contribution in [1.29, 1.82) is 0 Å². The Labute approximate surface area is 209 Å². The van der Waals surface area contributed by atoms with E-state index in [1.165, 1.54) is 18.1 Å². The van der Waals surface area contributed by atoms with Gasteiger partial charge in [0.2, 0.25) is 11.8 Å². The van der Waals surface area contributed by atoms with E-state index >= 15 is 0 Å². The number of hydrogen-bond acceptors (Lipinski definition) is 6. The Bertz CT molecular complexity index is 1090. The van der Waals surface area contributed by atoms with Crippen molar-refractivity contribution in [3.05, 3.63) is 59.7 Å². The number of rotatable bonds is 12. The molecule has 11 heteroatoms. The van der Waals surface area contributed by atoms with Gasteiger partial charge in [0.1, 0.15) is 23.4 Å². The molecular formula is C25H30BF2N3O5. The first kappa shape index (κ1) is 27.1. The molecular weight excluding hydrogens is 471 g/mol. The molecule has 2 aromatic rings. The van der Waals surface area contributed by atoms with E-state index in [0.717, 1.165) is 12.1 Å². The van der Waals surface area contributed by atoms with E-state index in [1.54, 1.807) is 24.3 Å². The summed E-state index contributed by atoms with van der Waals surface area (Å²) in [5.41, 5.74) is 0.490. The van der Waals surface area contributed by atoms with Crippen molar-refractivity contribution in [3.8, 4) is 5.75 Å². The van der Waals surface area contributed by atoms with E-state index in [2.05, 4.69) is 10.6 Å². The molecule has 1 saturated heterocycles. The van der Waals surface area contributed by atoms with E-state index in [9.17, 15) is 23.2 Å². The first-order chi connectivity index (χ1) is 17.2. The van der Waals surface area contributed by atoms with Gasteiger partial charge in [-0.25, -0.2) is 8.78 Å². The van der Waals surface area contributed by atoms with Gasteiger partial charge in [-0.3, -0.25) is 14.4 Å². The molecule has 0 saturated carbocycles. The first-order valence-corrected chi connectivity index (χ1v) is 11.8. The quantitative estimate of drug-likeness (QED) is 0.343. The summed E-state index contributed by atoms with van der Waals surface area (Å²) >= 11 is 0. The second-order valence-corrected chi connectivity index (χ2v) is 8.99. The molecule has 0 bridgehead atoms. The van der Waals surface area contributed by atoms with Crippen molar-refractivity contribution in [2.24, 2.45) is 5.92 Å². The number of nitrogens with one attached hydrogen (secondary N) is 2. The number of hydrogen-bond donors (Lipinski definition) is 2. The molecule has 1 heterocycles. The summed E-state index contributed by atoms with van der Waals surface area (Å²) < 4.78 is 38.7. The van der Waals surface area contributed by atoms with Crippen LogP contribution in [0.25, 0.3) is 0 Å². The van der Waals surface area contributed by atoms with Crippen LogP contribution in [0.4, 0.5) is 14.5 Å². The van der Waals surface area contributed by atoms with Gasteiger partial charge in [-0.05, 0) is 43.0 Å². The van der Waals surface area contributed by atoms with Crippen LogP contribution in [0.5, 0.6) is 5.75 Å². The van der Waals surface area contributed by atoms with Crippen LogP contribution in [-0.4, -0.2) is 57.4 Å². The van der Waals surface area contributed by atoms with Crippen LogP contribution in [-0.2, 0) is 14.2 Å². The number of aldehydes is 1. The van der Waals surface area contributed by atoms with E-state index < -0.39 is 42.6 Å². The number of carbonyl (C=O) groups excluding carboxylic acids is 3. The number of para-hydroxylation sites is 1. The number of benzene rings is 2. The van der Waals surface area contributed by atoms with Gasteiger partial charge in [0.15, 0.2) is 6.29 Å². The molecule has 0 aromatic heterocycles. The van der Waals surface area contributed by atoms with Crippen molar-refractivity contribution >= 4 is 30.9 Å². The fraction of sp³-hybridized carbons (Fsp3) is 0.400. The molecule has 2 atom stereocenters. The lowest BCUT2D eigenvalue weighted by atomic mass is 9.73.